The van der Waals surface area contributed by atoms with Gasteiger partial charge in [0.15, 0.2) is 11.6 Å². The molecule has 1 saturated heterocycles. The van der Waals surface area contributed by atoms with Crippen molar-refractivity contribution in [3.05, 3.63) is 30.7 Å². The van der Waals surface area contributed by atoms with Crippen LogP contribution in [0.15, 0.2) is 30.7 Å². The summed E-state index contributed by atoms with van der Waals surface area (Å²) < 4.78 is 17.6. The molecule has 0 amide bonds. The van der Waals surface area contributed by atoms with Gasteiger partial charge in [0.2, 0.25) is 0 Å². The molecule has 0 unspecified atom stereocenters. The SMILES string of the molecule is C[C@@H]1CNCCN1c1nccnc1OCCOc1cccnc1OCCCCCCN. The van der Waals surface area contributed by atoms with Crippen molar-refractivity contribution in [2.75, 3.05) is 50.9 Å². The zero-order valence-electron chi connectivity index (χ0n) is 18.3. The maximum atomic E-state index is 5.90. The molecule has 2 aromatic rings. The molecular formula is C22H34N6O3. The first-order valence-corrected chi connectivity index (χ1v) is 11.1. The summed E-state index contributed by atoms with van der Waals surface area (Å²) in [5.74, 6) is 2.43. The van der Waals surface area contributed by atoms with Crippen LogP contribution in [0.25, 0.3) is 0 Å². The first kappa shape index (κ1) is 23.0. The van der Waals surface area contributed by atoms with E-state index in [2.05, 4.69) is 32.1 Å². The van der Waals surface area contributed by atoms with Gasteiger partial charge in [0.05, 0.1) is 6.61 Å². The van der Waals surface area contributed by atoms with E-state index in [4.69, 9.17) is 19.9 Å². The van der Waals surface area contributed by atoms with Gasteiger partial charge in [-0.2, -0.15) is 0 Å². The number of hydrogen-bond acceptors (Lipinski definition) is 9. The molecule has 9 heteroatoms. The molecule has 3 rings (SSSR count). The minimum absolute atomic E-state index is 0.328. The van der Waals surface area contributed by atoms with E-state index in [1.54, 1.807) is 18.6 Å². The first-order chi connectivity index (χ1) is 15.3. The number of nitrogens with one attached hydrogen (secondary N) is 1. The molecular weight excluding hydrogens is 396 g/mol. The number of ether oxygens (including phenoxy) is 3. The number of piperazine rings is 1. The highest BCUT2D eigenvalue weighted by atomic mass is 16.5. The van der Waals surface area contributed by atoms with Crippen molar-refractivity contribution < 1.29 is 14.2 Å². The highest BCUT2D eigenvalue weighted by molar-refractivity contribution is 5.49. The van der Waals surface area contributed by atoms with Crippen molar-refractivity contribution in [2.24, 2.45) is 5.73 Å². The fourth-order valence-electron chi connectivity index (χ4n) is 3.43. The van der Waals surface area contributed by atoms with Gasteiger partial charge in [-0.25, -0.2) is 15.0 Å². The smallest absolute Gasteiger partial charge is 0.257 e. The second-order valence-electron chi connectivity index (χ2n) is 7.49. The number of nitrogens with zero attached hydrogens (tertiary/aromatic N) is 4. The van der Waals surface area contributed by atoms with Crippen molar-refractivity contribution in [3.8, 4) is 17.5 Å². The number of hydrogen-bond donors (Lipinski definition) is 2. The Hall–Kier alpha value is -2.65. The fourth-order valence-corrected chi connectivity index (χ4v) is 3.43. The average Bonchev–Trinajstić information content (AvgIpc) is 2.80. The van der Waals surface area contributed by atoms with E-state index < -0.39 is 0 Å². The van der Waals surface area contributed by atoms with Crippen molar-refractivity contribution >= 4 is 5.82 Å². The van der Waals surface area contributed by atoms with Gasteiger partial charge in [-0.05, 0) is 38.4 Å². The molecule has 2 aromatic heterocycles. The molecule has 0 aromatic carbocycles. The predicted molar refractivity (Wildman–Crippen MR) is 120 cm³/mol. The van der Waals surface area contributed by atoms with Crippen LogP contribution >= 0.6 is 0 Å². The Kier molecular flexibility index (Phi) is 9.59. The Bertz CT molecular complexity index is 778. The van der Waals surface area contributed by atoms with Gasteiger partial charge in [0.25, 0.3) is 11.8 Å². The van der Waals surface area contributed by atoms with Gasteiger partial charge in [-0.3, -0.25) is 0 Å². The summed E-state index contributed by atoms with van der Waals surface area (Å²) in [6.45, 7) is 6.92. The van der Waals surface area contributed by atoms with Crippen LogP contribution in [-0.2, 0) is 0 Å². The molecule has 9 nitrogen and oxygen atoms in total. The first-order valence-electron chi connectivity index (χ1n) is 11.1. The molecule has 3 heterocycles. The van der Waals surface area contributed by atoms with E-state index in [1.807, 2.05) is 12.1 Å². The van der Waals surface area contributed by atoms with Gasteiger partial charge < -0.3 is 30.2 Å². The topological polar surface area (TPSA) is 108 Å². The predicted octanol–water partition coefficient (Wildman–Crippen LogP) is 2.03. The van der Waals surface area contributed by atoms with E-state index in [0.29, 0.717) is 43.4 Å². The molecule has 31 heavy (non-hydrogen) atoms. The summed E-state index contributed by atoms with van der Waals surface area (Å²) in [7, 11) is 0. The van der Waals surface area contributed by atoms with Gasteiger partial charge in [0.1, 0.15) is 13.2 Å². The number of pyridine rings is 1. The summed E-state index contributed by atoms with van der Waals surface area (Å²) in [6, 6.07) is 4.01. The molecule has 0 spiro atoms. The highest BCUT2D eigenvalue weighted by Crippen LogP contribution is 2.26. The number of aromatic nitrogens is 3. The van der Waals surface area contributed by atoms with Crippen LogP contribution < -0.4 is 30.2 Å². The van der Waals surface area contributed by atoms with E-state index in [0.717, 1.165) is 57.7 Å². The highest BCUT2D eigenvalue weighted by Gasteiger charge is 2.23. The lowest BCUT2D eigenvalue weighted by molar-refractivity contribution is 0.199. The largest absolute Gasteiger partial charge is 0.484 e. The standard InChI is InChI=1S/C22H34N6O3/c1-18-17-24-12-13-28(18)20-22(27-11-10-25-20)31-16-15-29-19-7-6-9-26-21(19)30-14-5-3-2-4-8-23/h6-7,9-11,18,24H,2-5,8,12-17,23H2,1H3/t18-/m1/s1. The molecule has 0 aliphatic carbocycles. The lowest BCUT2D eigenvalue weighted by Gasteiger charge is -2.35. The Morgan fingerprint density at radius 2 is 1.74 bits per heavy atom. The van der Waals surface area contributed by atoms with Crippen molar-refractivity contribution in [1.82, 2.24) is 20.3 Å². The van der Waals surface area contributed by atoms with E-state index in [1.165, 1.54) is 0 Å². The quantitative estimate of drug-likeness (QED) is 0.461. The normalized spacial score (nSPS) is 16.2. The maximum absolute atomic E-state index is 5.90. The second-order valence-corrected chi connectivity index (χ2v) is 7.49. The molecule has 170 valence electrons. The summed E-state index contributed by atoms with van der Waals surface area (Å²) >= 11 is 0. The molecule has 1 atom stereocenters. The summed E-state index contributed by atoms with van der Waals surface area (Å²) in [6.07, 6.45) is 9.29. The lowest BCUT2D eigenvalue weighted by Crippen LogP contribution is -2.50. The van der Waals surface area contributed by atoms with Gasteiger partial charge in [0, 0.05) is 44.3 Å². The van der Waals surface area contributed by atoms with Crippen LogP contribution in [0.2, 0.25) is 0 Å². The Morgan fingerprint density at radius 1 is 0.968 bits per heavy atom. The monoisotopic (exact) mass is 430 g/mol. The molecule has 3 N–H and O–H groups in total. The molecule has 0 radical (unpaired) electrons. The number of unbranched alkanes of at least 4 members (excludes halogenated alkanes) is 3. The number of anilines is 1. The Morgan fingerprint density at radius 3 is 2.61 bits per heavy atom. The van der Waals surface area contributed by atoms with E-state index >= 15 is 0 Å². The zero-order valence-corrected chi connectivity index (χ0v) is 18.3. The average molecular weight is 431 g/mol. The van der Waals surface area contributed by atoms with E-state index in [-0.39, 0.29) is 0 Å². The maximum Gasteiger partial charge on any atom is 0.257 e. The van der Waals surface area contributed by atoms with Crippen LogP contribution in [0.4, 0.5) is 5.82 Å². The van der Waals surface area contributed by atoms with Crippen molar-refractivity contribution in [2.45, 2.75) is 38.6 Å². The Labute approximate surface area is 184 Å². The van der Waals surface area contributed by atoms with Crippen LogP contribution in [0.1, 0.15) is 32.6 Å². The zero-order chi connectivity index (χ0) is 21.7. The van der Waals surface area contributed by atoms with E-state index in [9.17, 15) is 0 Å². The number of nitrogens with two attached hydrogens (primary N) is 1. The van der Waals surface area contributed by atoms with Gasteiger partial charge >= 0.3 is 0 Å². The van der Waals surface area contributed by atoms with Crippen LogP contribution in [0.3, 0.4) is 0 Å². The number of rotatable bonds is 13. The van der Waals surface area contributed by atoms with Crippen molar-refractivity contribution in [3.63, 3.8) is 0 Å². The molecule has 1 aliphatic heterocycles. The van der Waals surface area contributed by atoms with Gasteiger partial charge in [-0.15, -0.1) is 0 Å². The molecule has 0 saturated carbocycles. The second kappa shape index (κ2) is 12.9. The minimum Gasteiger partial charge on any atom is -0.484 e. The lowest BCUT2D eigenvalue weighted by atomic mass is 10.2. The van der Waals surface area contributed by atoms with Crippen LogP contribution in [-0.4, -0.2) is 67.0 Å². The van der Waals surface area contributed by atoms with Gasteiger partial charge in [-0.1, -0.05) is 12.8 Å². The third kappa shape index (κ3) is 7.22. The fraction of sp³-hybridized carbons (Fsp3) is 0.591. The van der Waals surface area contributed by atoms with Crippen molar-refractivity contribution in [1.29, 1.82) is 0 Å². The molecule has 1 fully saturated rings. The molecule has 0 bridgehead atoms. The Balaban J connectivity index is 1.46. The minimum atomic E-state index is 0.328. The summed E-state index contributed by atoms with van der Waals surface area (Å²) in [4.78, 5) is 15.4. The van der Waals surface area contributed by atoms with Crippen LogP contribution in [0.5, 0.6) is 17.5 Å². The third-order valence-corrected chi connectivity index (χ3v) is 5.07. The third-order valence-electron chi connectivity index (χ3n) is 5.07. The summed E-state index contributed by atoms with van der Waals surface area (Å²) in [5, 5.41) is 3.38. The van der Waals surface area contributed by atoms with Crippen LogP contribution in [0, 0.1) is 0 Å². The molecule has 1 aliphatic rings. The summed E-state index contributed by atoms with van der Waals surface area (Å²) in [5.41, 5.74) is 5.52.